The van der Waals surface area contributed by atoms with Crippen LogP contribution < -0.4 is 20.7 Å². The van der Waals surface area contributed by atoms with Crippen molar-refractivity contribution in [3.63, 3.8) is 0 Å². The number of nitrogens with zero attached hydrogens (tertiary/aromatic N) is 2. The van der Waals surface area contributed by atoms with Crippen LogP contribution in [0, 0.1) is 0 Å². The Bertz CT molecular complexity index is 4350. The van der Waals surface area contributed by atoms with Crippen molar-refractivity contribution in [2.45, 2.75) is 5.41 Å². The summed E-state index contributed by atoms with van der Waals surface area (Å²) in [7, 11) is -2.74. The molecule has 0 aliphatic heterocycles. The fourth-order valence-electron chi connectivity index (χ4n) is 13.5. The maximum absolute atomic E-state index is 2.74. The molecule has 14 aromatic rings. The zero-order valence-electron chi connectivity index (χ0n) is 41.8. The van der Waals surface area contributed by atoms with Gasteiger partial charge < -0.3 is 9.13 Å². The van der Waals surface area contributed by atoms with E-state index in [1.807, 2.05) is 0 Å². The first kappa shape index (κ1) is 44.0. The topological polar surface area (TPSA) is 9.86 Å². The molecular formula is C73H50N2Si. The molecule has 0 spiro atoms. The van der Waals surface area contributed by atoms with Crippen LogP contribution in [0.3, 0.4) is 0 Å². The molecule has 0 atom stereocenters. The minimum Gasteiger partial charge on any atom is -0.307 e. The van der Waals surface area contributed by atoms with E-state index in [1.54, 1.807) is 0 Å². The van der Waals surface area contributed by atoms with Gasteiger partial charge in [0.15, 0.2) is 8.07 Å². The summed E-state index contributed by atoms with van der Waals surface area (Å²) in [5.74, 6) is 0. The fourth-order valence-corrected chi connectivity index (χ4v) is 18.2. The van der Waals surface area contributed by atoms with E-state index in [1.165, 1.54) is 109 Å². The average molecular weight is 983 g/mol. The summed E-state index contributed by atoms with van der Waals surface area (Å²) in [6, 6.07) is 113. The molecule has 2 heterocycles. The normalized spacial score (nSPS) is 12.8. The Morgan fingerprint density at radius 2 is 0.750 bits per heavy atom. The van der Waals surface area contributed by atoms with Crippen molar-refractivity contribution < 1.29 is 0 Å². The van der Waals surface area contributed by atoms with Crippen LogP contribution in [-0.4, -0.2) is 17.2 Å². The van der Waals surface area contributed by atoms with Crippen molar-refractivity contribution in [2.75, 3.05) is 0 Å². The van der Waals surface area contributed by atoms with Crippen LogP contribution >= 0.6 is 0 Å². The largest absolute Gasteiger partial charge is 0.307 e. The lowest BCUT2D eigenvalue weighted by Crippen LogP contribution is -2.74. The summed E-state index contributed by atoms with van der Waals surface area (Å²) in [5.41, 5.74) is 16.6. The number of fused-ring (bicyclic) bond motifs is 9. The second kappa shape index (κ2) is 17.6. The molecule has 3 heteroatoms. The predicted octanol–water partition coefficient (Wildman–Crippen LogP) is 15.3. The minimum absolute atomic E-state index is 0.498. The Labute approximate surface area is 443 Å². The summed E-state index contributed by atoms with van der Waals surface area (Å²) in [6.45, 7) is 0. The molecule has 0 amide bonds. The lowest BCUT2D eigenvalue weighted by Gasteiger charge is -2.34. The number of aromatic nitrogens is 2. The highest BCUT2D eigenvalue weighted by Gasteiger charge is 2.46. The molecule has 0 N–H and O–H groups in total. The summed E-state index contributed by atoms with van der Waals surface area (Å²) in [6.07, 6.45) is 0. The van der Waals surface area contributed by atoms with E-state index in [0.717, 1.165) is 11.4 Å². The second-order valence-corrected chi connectivity index (χ2v) is 24.1. The standard InChI is InChI=1S/C73H50N2Si/c1-6-24-52(25-7-1)73(53-26-8-2-9-27-53)65-39-19-16-34-60(65)61-49-44-51(50-66(61)73)59-37-22-42-69-71(59)64-36-18-21-41-68(64)75(69)70-43-23-38-63-62-35-17-20-40-67(62)74(72(63)70)54-45-47-58(48-46-54)76(55-28-10-3-11-29-55,56-30-12-4-13-31-56)57-32-14-5-15-33-57/h1-50H. The first-order valence-electron chi connectivity index (χ1n) is 26.4. The molecule has 76 heavy (non-hydrogen) atoms. The highest BCUT2D eigenvalue weighted by molar-refractivity contribution is 7.19. The zero-order chi connectivity index (χ0) is 50.2. The lowest BCUT2D eigenvalue weighted by molar-refractivity contribution is 0.769. The van der Waals surface area contributed by atoms with E-state index in [4.69, 9.17) is 0 Å². The molecule has 1 aliphatic rings. The van der Waals surface area contributed by atoms with Gasteiger partial charge in [-0.2, -0.15) is 0 Å². The van der Waals surface area contributed by atoms with Crippen LogP contribution in [0.15, 0.2) is 303 Å². The molecule has 356 valence electrons. The molecule has 0 saturated carbocycles. The lowest BCUT2D eigenvalue weighted by atomic mass is 9.67. The molecule has 0 unspecified atom stereocenters. The minimum atomic E-state index is -2.74. The van der Waals surface area contributed by atoms with E-state index in [2.05, 4.69) is 312 Å². The van der Waals surface area contributed by atoms with Gasteiger partial charge in [-0.3, -0.25) is 0 Å². The molecule has 15 rings (SSSR count). The number of benzene rings is 12. The summed E-state index contributed by atoms with van der Waals surface area (Å²) < 4.78 is 5.04. The van der Waals surface area contributed by atoms with Crippen LogP contribution in [0.5, 0.6) is 0 Å². The first-order chi connectivity index (χ1) is 37.7. The van der Waals surface area contributed by atoms with Gasteiger partial charge in [0.25, 0.3) is 0 Å². The summed E-state index contributed by atoms with van der Waals surface area (Å²) in [5, 5.41) is 10.3. The maximum atomic E-state index is 2.53. The van der Waals surface area contributed by atoms with Crippen molar-refractivity contribution in [1.29, 1.82) is 0 Å². The van der Waals surface area contributed by atoms with Gasteiger partial charge in [0.2, 0.25) is 0 Å². The Balaban J connectivity index is 0.951. The van der Waals surface area contributed by atoms with E-state index >= 15 is 0 Å². The highest BCUT2D eigenvalue weighted by Crippen LogP contribution is 2.57. The Hall–Kier alpha value is -9.54. The zero-order valence-corrected chi connectivity index (χ0v) is 42.8. The van der Waals surface area contributed by atoms with Crippen molar-refractivity contribution in [1.82, 2.24) is 9.13 Å². The molecule has 2 aromatic heterocycles. The third-order valence-electron chi connectivity index (χ3n) is 16.6. The Kier molecular flexibility index (Phi) is 10.2. The number of hydrogen-bond acceptors (Lipinski definition) is 0. The Morgan fingerprint density at radius 1 is 0.289 bits per heavy atom. The van der Waals surface area contributed by atoms with Gasteiger partial charge in [-0.15, -0.1) is 0 Å². The molecular weight excluding hydrogens is 933 g/mol. The van der Waals surface area contributed by atoms with Crippen molar-refractivity contribution in [3.8, 4) is 33.6 Å². The van der Waals surface area contributed by atoms with E-state index in [-0.39, 0.29) is 0 Å². The van der Waals surface area contributed by atoms with Crippen LogP contribution in [0.2, 0.25) is 0 Å². The van der Waals surface area contributed by atoms with Crippen molar-refractivity contribution in [2.24, 2.45) is 0 Å². The molecule has 0 radical (unpaired) electrons. The smallest absolute Gasteiger partial charge is 0.179 e. The number of rotatable bonds is 9. The SMILES string of the molecule is c1ccc(C2(c3ccccc3)c3ccccc3-c3ccc(-c4cccc5c4c4ccccc4n5-c4cccc5c6ccccc6n(-c6ccc([Si](c7ccccc7)(c7ccccc7)c7ccccc7)cc6)c45)cc32)cc1. The first-order valence-corrected chi connectivity index (χ1v) is 28.4. The molecule has 12 aromatic carbocycles. The van der Waals surface area contributed by atoms with Gasteiger partial charge in [0.1, 0.15) is 0 Å². The molecule has 0 fully saturated rings. The van der Waals surface area contributed by atoms with E-state index < -0.39 is 13.5 Å². The third kappa shape index (κ3) is 6.33. The van der Waals surface area contributed by atoms with Crippen LogP contribution in [-0.2, 0) is 5.41 Å². The molecule has 0 saturated heterocycles. The van der Waals surface area contributed by atoms with Gasteiger partial charge in [0.05, 0.1) is 33.2 Å². The van der Waals surface area contributed by atoms with Gasteiger partial charge in [-0.1, -0.05) is 261 Å². The second-order valence-electron chi connectivity index (χ2n) is 20.3. The number of hydrogen-bond donors (Lipinski definition) is 0. The van der Waals surface area contributed by atoms with Crippen molar-refractivity contribution in [3.05, 3.63) is 326 Å². The van der Waals surface area contributed by atoms with Gasteiger partial charge in [-0.25, -0.2) is 0 Å². The van der Waals surface area contributed by atoms with Crippen LogP contribution in [0.4, 0.5) is 0 Å². The fraction of sp³-hybridized carbons (Fsp3) is 0.0137. The third-order valence-corrected chi connectivity index (χ3v) is 21.4. The van der Waals surface area contributed by atoms with E-state index in [9.17, 15) is 0 Å². The number of para-hydroxylation sites is 3. The quantitative estimate of drug-likeness (QED) is 0.101. The summed E-state index contributed by atoms with van der Waals surface area (Å²) >= 11 is 0. The summed E-state index contributed by atoms with van der Waals surface area (Å²) in [4.78, 5) is 0. The van der Waals surface area contributed by atoms with Crippen LogP contribution in [0.1, 0.15) is 22.3 Å². The van der Waals surface area contributed by atoms with E-state index in [0.29, 0.717) is 0 Å². The van der Waals surface area contributed by atoms with Gasteiger partial charge in [-0.05, 0) is 108 Å². The predicted molar refractivity (Wildman–Crippen MR) is 321 cm³/mol. The average Bonchev–Trinajstić information content (AvgIpc) is 4.28. The van der Waals surface area contributed by atoms with Crippen molar-refractivity contribution >= 4 is 72.4 Å². The monoisotopic (exact) mass is 982 g/mol. The molecule has 2 nitrogen and oxygen atoms in total. The maximum Gasteiger partial charge on any atom is 0.179 e. The van der Waals surface area contributed by atoms with Crippen LogP contribution in [0.25, 0.3) is 77.2 Å². The molecule has 0 bridgehead atoms. The van der Waals surface area contributed by atoms with Gasteiger partial charge >= 0.3 is 0 Å². The Morgan fingerprint density at radius 3 is 1.38 bits per heavy atom. The van der Waals surface area contributed by atoms with Gasteiger partial charge in [0, 0.05) is 27.2 Å². The highest BCUT2D eigenvalue weighted by atomic mass is 28.3. The molecule has 1 aliphatic carbocycles.